The quantitative estimate of drug-likeness (QED) is 0.0561. The zero-order valence-electron chi connectivity index (χ0n) is 55.7. The molecule has 0 bridgehead atoms. The van der Waals surface area contributed by atoms with E-state index in [2.05, 4.69) is 160 Å². The van der Waals surface area contributed by atoms with E-state index in [9.17, 15) is 38.4 Å². The summed E-state index contributed by atoms with van der Waals surface area (Å²) in [6.45, 7) is 0. The van der Waals surface area contributed by atoms with Crippen LogP contribution in [0.5, 0.6) is 0 Å². The van der Waals surface area contributed by atoms with Crippen LogP contribution in [-0.2, 0) is 164 Å². The van der Waals surface area contributed by atoms with Crippen LogP contribution in [0.4, 0.5) is 19.2 Å². The standard InChI is InChI=1S/2C32H22N4O2P2.4C2H5NO2.4V/c37-15-39-31-33-27-7-5-21-11-23-9-17(1-3-19(23)13-25(21)29(27)35-31)18-2-4-20-14-26-22(12-24(20)10-18)6-8-28-30(26)36-32(34-28)40-16-38;37-15-39-31-34-28-10-8-24-23-6-3-18(11-20(23)4-7-25(24)29(28)35-31)17-1-2-19-14-26-21(13-22(19)12-17)5-9-27-30(26)36-32(33-27)40-16-38;4*1-5-2(3)4;;;;/h1-4,9-14,39-40H,5-8H2,(H,33,35)(H,34,36);1-4,6-7,11-14,39-40H,5,8-10H2,(H,33,36)(H,34,35);4*1H3,(H2,3,4);;;;/q2*-2;;;;;4*+2/p-4. The number of nitrogens with one attached hydrogen (secondary N) is 8. The molecule has 4 atom stereocenters. The fraction of sp³-hybridized carbons (Fsp3) is 0.167. The molecule has 8 aromatic carbocycles. The molecule has 4 aromatic heterocycles. The Morgan fingerprint density at radius 2 is 0.596 bits per heavy atom. The van der Waals surface area contributed by atoms with E-state index in [1.54, 1.807) is 0 Å². The first-order chi connectivity index (χ1) is 48.4. The van der Waals surface area contributed by atoms with E-state index in [4.69, 9.17) is 42.9 Å². The summed E-state index contributed by atoms with van der Waals surface area (Å²) < 4.78 is 15.1. The molecule has 4 amide bonds. The zero-order valence-corrected chi connectivity index (χ0v) is 65.3. The molecule has 4 radical (unpaired) electrons. The van der Waals surface area contributed by atoms with Crippen LogP contribution in [0, 0.1) is 0 Å². The molecule has 0 fully saturated rings. The molecule has 0 saturated heterocycles. The van der Waals surface area contributed by atoms with Gasteiger partial charge in [-0.25, -0.2) is 44.0 Å². The number of fused-ring (bicyclic) bond motifs is 17. The number of imidazole rings is 4. The van der Waals surface area contributed by atoms with Crippen molar-refractivity contribution < 1.29 is 132 Å². The van der Waals surface area contributed by atoms with Crippen molar-refractivity contribution in [1.82, 2.24) is 39.9 Å². The Kier molecular flexibility index (Phi) is 30.2. The molecule has 520 valence electrons. The van der Waals surface area contributed by atoms with E-state index in [1.807, 2.05) is 24.1 Å². The fourth-order valence-corrected chi connectivity index (χ4v) is 14.5. The van der Waals surface area contributed by atoms with Gasteiger partial charge in [0.2, 0.25) is 24.4 Å². The van der Waals surface area contributed by atoms with Crippen LogP contribution < -0.4 is 22.3 Å². The Balaban J connectivity index is 0.000000224. The van der Waals surface area contributed by atoms with Gasteiger partial charge in [0.1, 0.15) is 0 Å². The molecule has 104 heavy (non-hydrogen) atoms. The molecule has 4 heterocycles. The van der Waals surface area contributed by atoms with Gasteiger partial charge >= 0.3 is 74.2 Å². The average Bonchev–Trinajstić information content (AvgIpc) is 1.35. The summed E-state index contributed by atoms with van der Waals surface area (Å²) in [6, 6.07) is 52.6. The van der Waals surface area contributed by atoms with Crippen LogP contribution in [0.2, 0.25) is 0 Å². The van der Waals surface area contributed by atoms with Crippen molar-refractivity contribution in [2.45, 2.75) is 51.4 Å². The summed E-state index contributed by atoms with van der Waals surface area (Å²) in [5.41, 5.74) is 49.7. The van der Waals surface area contributed by atoms with Gasteiger partial charge in [-0.1, -0.05) is 78.9 Å². The zero-order chi connectivity index (χ0) is 70.7. The summed E-state index contributed by atoms with van der Waals surface area (Å²) in [5.74, 6) is 0. The van der Waals surface area contributed by atoms with E-state index in [0.29, 0.717) is 22.3 Å². The number of rotatable bonds is 10. The van der Waals surface area contributed by atoms with Crippen molar-refractivity contribution in [3.05, 3.63) is 189 Å². The predicted octanol–water partition coefficient (Wildman–Crippen LogP) is 14.0. The number of amides is 4. The second-order valence-corrected chi connectivity index (χ2v) is 26.5. The molecule has 12 aromatic rings. The molecule has 24 nitrogen and oxygen atoms in total. The molecule has 4 unspecified atom stereocenters. The number of H-pyrrole nitrogens is 4. The first kappa shape index (κ1) is 82.7. The first-order valence-electron chi connectivity index (χ1n) is 30.8. The molecule has 16 rings (SSSR count). The molecular weight excluding hydrogens is 1550 g/mol. The van der Waals surface area contributed by atoms with Crippen LogP contribution in [0.15, 0.2) is 121 Å². The van der Waals surface area contributed by atoms with Crippen LogP contribution in [0.25, 0.3) is 133 Å². The predicted molar refractivity (Wildman–Crippen MR) is 395 cm³/mol. The van der Waals surface area contributed by atoms with Crippen molar-refractivity contribution in [3.8, 4) is 67.3 Å². The van der Waals surface area contributed by atoms with Crippen LogP contribution >= 0.6 is 34.3 Å². The summed E-state index contributed by atoms with van der Waals surface area (Å²) >= 11 is 0. The molecule has 0 saturated carbocycles. The van der Waals surface area contributed by atoms with Gasteiger partial charge in [-0.05, 0) is 181 Å². The smallest absolute Gasteiger partial charge is 0.632 e. The van der Waals surface area contributed by atoms with E-state index < -0.39 is 24.4 Å². The van der Waals surface area contributed by atoms with Crippen molar-refractivity contribution >= 4 is 148 Å². The topological polar surface area (TPSA) is 383 Å². The number of ether oxygens (including phenoxy) is 4. The number of aryl methyl sites for hydroxylation is 8. The van der Waals surface area contributed by atoms with Crippen molar-refractivity contribution in [3.63, 3.8) is 0 Å². The number of carbonyl (C=O) groups is 4. The van der Waals surface area contributed by atoms with Crippen LogP contribution in [-0.4, -0.2) is 117 Å². The van der Waals surface area contributed by atoms with E-state index >= 15 is 0 Å². The van der Waals surface area contributed by atoms with Gasteiger partial charge in [-0.15, -0.1) is 0 Å². The summed E-state index contributed by atoms with van der Waals surface area (Å²) in [7, 11) is 4.39. The summed E-state index contributed by atoms with van der Waals surface area (Å²) in [5, 5.41) is 9.69. The number of methoxy groups -OCH3 is 4. The van der Waals surface area contributed by atoms with Gasteiger partial charge < -0.3 is 81.0 Å². The monoisotopic (exact) mass is 1610 g/mol. The number of nitrogens with zero attached hydrogens (tertiary/aromatic N) is 4. The third-order valence-corrected chi connectivity index (χ3v) is 19.4. The van der Waals surface area contributed by atoms with Crippen molar-refractivity contribution in [1.29, 1.82) is 0 Å². The molecule has 0 spiro atoms. The maximum absolute atomic E-state index is 10.9. The van der Waals surface area contributed by atoms with Crippen molar-refractivity contribution in [2.24, 2.45) is 0 Å². The second kappa shape index (κ2) is 37.9. The minimum Gasteiger partial charge on any atom is -0.632 e. The fourth-order valence-electron chi connectivity index (χ4n) is 12.6. The summed E-state index contributed by atoms with van der Waals surface area (Å²) in [4.78, 5) is 113. The number of hydrogen-bond donors (Lipinski definition) is 4. The maximum Gasteiger partial charge on any atom is 2.00 e. The SMILES string of the molecule is COC([NH-])=O.COC([NH-])=O.COC([NH-])=O.COC([NH-])=O.O=[C-]Pc1nc2c([nH]1)CCc1cc3cc(-c4ccc5c6c(ccc5c4)-c4nc(P[C-]=O)[nH]c4CC6)ccc3cc1-2.O=[C-]Pc1nc2c([nH]1)CCc1cc3cc(-c4ccc5cc6c(cc5c4)CCc4[nH]c(P[C-]=O)nc4-6)ccc3cc1-2.[V+2].[V+2].[V+2].[V+2]. The summed E-state index contributed by atoms with van der Waals surface area (Å²) in [6.07, 6.45) is 3.41. The van der Waals surface area contributed by atoms with Crippen LogP contribution in [0.3, 0.4) is 0 Å². The Labute approximate surface area is 650 Å². The van der Waals surface area contributed by atoms with Gasteiger partial charge in [0.05, 0.1) is 73.5 Å². The molecule has 8 N–H and O–H groups in total. The van der Waals surface area contributed by atoms with Crippen LogP contribution in [0.1, 0.15) is 45.0 Å². The third-order valence-electron chi connectivity index (χ3n) is 17.1. The Bertz CT molecular complexity index is 4730. The first-order valence-corrected chi connectivity index (χ1v) is 34.8. The Morgan fingerprint density at radius 1 is 0.337 bits per heavy atom. The minimum atomic E-state index is -0.995. The van der Waals surface area contributed by atoms with Gasteiger partial charge in [0.15, 0.2) is 0 Å². The molecule has 4 aliphatic carbocycles. The largest absolute Gasteiger partial charge is 2.00 e. The Hall–Kier alpha value is -8.54. The average molecular weight is 1610 g/mol. The number of hydrogen-bond acceptors (Lipinski definition) is 16. The van der Waals surface area contributed by atoms with Crippen molar-refractivity contribution in [2.75, 3.05) is 28.4 Å². The number of benzene rings is 8. The van der Waals surface area contributed by atoms with E-state index in [0.717, 1.165) is 148 Å². The Morgan fingerprint density at radius 3 is 0.885 bits per heavy atom. The normalized spacial score (nSPS) is 12.1. The van der Waals surface area contributed by atoms with E-state index in [1.165, 1.54) is 87.6 Å². The maximum atomic E-state index is 10.9. The molecule has 0 aliphatic heterocycles. The second-order valence-electron chi connectivity index (χ2n) is 22.8. The number of aromatic nitrogens is 8. The molecule has 32 heteroatoms. The number of aromatic amines is 4. The molecular formula is C72H60N12O12P4V4. The van der Waals surface area contributed by atoms with E-state index in [-0.39, 0.29) is 109 Å². The van der Waals surface area contributed by atoms with Gasteiger partial charge in [0.25, 0.3) is 0 Å². The van der Waals surface area contributed by atoms with Gasteiger partial charge in [0, 0.05) is 45.0 Å². The van der Waals surface area contributed by atoms with Gasteiger partial charge in [-0.2, -0.15) is 34.3 Å². The molecule has 4 aliphatic rings. The minimum absolute atomic E-state index is 0. The number of carbonyl (C=O) groups excluding carboxylic acids is 8. The third kappa shape index (κ3) is 19.1. The van der Waals surface area contributed by atoms with Gasteiger partial charge in [-0.3, -0.25) is 19.2 Å².